The average Bonchev–Trinajstić information content (AvgIpc) is 2.62. The lowest BCUT2D eigenvalue weighted by atomic mass is 10.2. The molecule has 0 unspecified atom stereocenters. The minimum atomic E-state index is -3.52. The van der Waals surface area contributed by atoms with E-state index in [-0.39, 0.29) is 4.90 Å². The highest BCUT2D eigenvalue weighted by molar-refractivity contribution is 7.89. The first kappa shape index (κ1) is 18.6. The normalized spacial score (nSPS) is 10.8. The van der Waals surface area contributed by atoms with Gasteiger partial charge in [-0.15, -0.1) is 0 Å². The van der Waals surface area contributed by atoms with E-state index in [4.69, 9.17) is 9.47 Å². The topological polar surface area (TPSA) is 106 Å². The van der Waals surface area contributed by atoms with Crippen molar-refractivity contribution in [1.82, 2.24) is 4.72 Å². The summed E-state index contributed by atoms with van der Waals surface area (Å²) in [5, 5.41) is 5.27. The molecular weight excluding hydrogens is 346 g/mol. The molecule has 3 N–H and O–H groups in total. The van der Waals surface area contributed by atoms with E-state index < -0.39 is 16.1 Å². The molecule has 0 aliphatic heterocycles. The molecule has 9 heteroatoms. The Bertz CT molecular complexity index is 851. The van der Waals surface area contributed by atoms with Gasteiger partial charge in [0.2, 0.25) is 10.0 Å². The minimum Gasteiger partial charge on any atom is -0.497 e. The zero-order chi connectivity index (χ0) is 18.4. The first-order chi connectivity index (χ1) is 11.9. The number of sulfonamides is 1. The maximum atomic E-state index is 12.1. The Morgan fingerprint density at radius 2 is 1.64 bits per heavy atom. The van der Waals surface area contributed by atoms with E-state index in [1.807, 2.05) is 0 Å². The third-order valence-electron chi connectivity index (χ3n) is 3.35. The first-order valence-corrected chi connectivity index (χ1v) is 8.71. The minimum absolute atomic E-state index is 0.107. The van der Waals surface area contributed by atoms with E-state index in [9.17, 15) is 13.2 Å². The first-order valence-electron chi connectivity index (χ1n) is 7.23. The van der Waals surface area contributed by atoms with Crippen LogP contribution in [0.25, 0.3) is 0 Å². The van der Waals surface area contributed by atoms with Crippen molar-refractivity contribution in [3.63, 3.8) is 0 Å². The van der Waals surface area contributed by atoms with Crippen molar-refractivity contribution in [3.05, 3.63) is 42.5 Å². The van der Waals surface area contributed by atoms with Crippen molar-refractivity contribution in [2.45, 2.75) is 4.90 Å². The Hall–Kier alpha value is -2.78. The average molecular weight is 365 g/mol. The van der Waals surface area contributed by atoms with E-state index in [2.05, 4.69) is 15.4 Å². The second kappa shape index (κ2) is 7.86. The number of amides is 2. The summed E-state index contributed by atoms with van der Waals surface area (Å²) in [4.78, 5) is 12.2. The fourth-order valence-corrected chi connectivity index (χ4v) is 2.76. The number of nitrogens with one attached hydrogen (secondary N) is 3. The standard InChI is InChI=1S/C16H19N3O5S/c1-17-25(21,22)13-7-4-11(5-8-13)18-16(20)19-14-10-12(23-2)6-9-15(14)24-3/h4-10,17H,1-3H3,(H2,18,19,20). The Balaban J connectivity index is 2.10. The van der Waals surface area contributed by atoms with Crippen LogP contribution in [-0.2, 0) is 10.0 Å². The summed E-state index contributed by atoms with van der Waals surface area (Å²) in [6.45, 7) is 0. The number of hydrogen-bond acceptors (Lipinski definition) is 5. The number of carbonyl (C=O) groups excluding carboxylic acids is 1. The van der Waals surface area contributed by atoms with E-state index in [1.165, 1.54) is 45.5 Å². The van der Waals surface area contributed by atoms with E-state index >= 15 is 0 Å². The molecule has 0 aromatic heterocycles. The zero-order valence-electron chi connectivity index (χ0n) is 14.0. The van der Waals surface area contributed by atoms with Gasteiger partial charge in [-0.05, 0) is 43.4 Å². The molecular formula is C16H19N3O5S. The summed E-state index contributed by atoms with van der Waals surface area (Å²) in [5.41, 5.74) is 0.878. The largest absolute Gasteiger partial charge is 0.497 e. The molecule has 0 radical (unpaired) electrons. The summed E-state index contributed by atoms with van der Waals surface area (Å²) in [6.07, 6.45) is 0. The van der Waals surface area contributed by atoms with E-state index in [1.54, 1.807) is 18.2 Å². The summed E-state index contributed by atoms with van der Waals surface area (Å²) in [6, 6.07) is 10.3. The van der Waals surface area contributed by atoms with Crippen LogP contribution in [0.3, 0.4) is 0 Å². The summed E-state index contributed by atoms with van der Waals surface area (Å²) in [5.74, 6) is 1.05. The van der Waals surface area contributed by atoms with Gasteiger partial charge in [-0.25, -0.2) is 17.9 Å². The highest BCUT2D eigenvalue weighted by atomic mass is 32.2. The van der Waals surface area contributed by atoms with Crippen molar-refractivity contribution in [2.75, 3.05) is 31.9 Å². The number of urea groups is 1. The second-order valence-corrected chi connectivity index (χ2v) is 6.76. The predicted molar refractivity (Wildman–Crippen MR) is 94.9 cm³/mol. The molecule has 134 valence electrons. The quantitative estimate of drug-likeness (QED) is 0.728. The van der Waals surface area contributed by atoms with Crippen LogP contribution in [0.1, 0.15) is 0 Å². The predicted octanol–water partition coefficient (Wildman–Crippen LogP) is 2.26. The Labute approximate surface area is 146 Å². The van der Waals surface area contributed by atoms with Crippen LogP contribution in [0.15, 0.2) is 47.4 Å². The molecule has 2 amide bonds. The molecule has 0 aliphatic rings. The third kappa shape index (κ3) is 4.61. The Kier molecular flexibility index (Phi) is 5.84. The molecule has 0 saturated carbocycles. The van der Waals surface area contributed by atoms with Gasteiger partial charge in [-0.3, -0.25) is 0 Å². The van der Waals surface area contributed by atoms with Crippen molar-refractivity contribution in [2.24, 2.45) is 0 Å². The number of carbonyl (C=O) groups is 1. The number of methoxy groups -OCH3 is 2. The van der Waals surface area contributed by atoms with Crippen LogP contribution < -0.4 is 24.8 Å². The smallest absolute Gasteiger partial charge is 0.323 e. The molecule has 2 rings (SSSR count). The van der Waals surface area contributed by atoms with Gasteiger partial charge < -0.3 is 20.1 Å². The molecule has 0 fully saturated rings. The molecule has 0 spiro atoms. The van der Waals surface area contributed by atoms with Gasteiger partial charge in [-0.1, -0.05) is 0 Å². The van der Waals surface area contributed by atoms with E-state index in [0.29, 0.717) is 22.9 Å². The van der Waals surface area contributed by atoms with Crippen molar-refractivity contribution < 1.29 is 22.7 Å². The van der Waals surface area contributed by atoms with Gasteiger partial charge >= 0.3 is 6.03 Å². The van der Waals surface area contributed by atoms with Gasteiger partial charge in [0, 0.05) is 11.8 Å². The highest BCUT2D eigenvalue weighted by Gasteiger charge is 2.12. The highest BCUT2D eigenvalue weighted by Crippen LogP contribution is 2.29. The molecule has 25 heavy (non-hydrogen) atoms. The maximum absolute atomic E-state index is 12.1. The van der Waals surface area contributed by atoms with Crippen LogP contribution in [-0.4, -0.2) is 35.7 Å². The summed E-state index contributed by atoms with van der Waals surface area (Å²) < 4.78 is 35.9. The molecule has 0 bridgehead atoms. The van der Waals surface area contributed by atoms with Crippen LogP contribution in [0.2, 0.25) is 0 Å². The lowest BCUT2D eigenvalue weighted by Gasteiger charge is -2.12. The molecule has 2 aromatic rings. The van der Waals surface area contributed by atoms with Gasteiger partial charge in [-0.2, -0.15) is 0 Å². The second-order valence-electron chi connectivity index (χ2n) is 4.88. The number of rotatable bonds is 6. The van der Waals surface area contributed by atoms with Crippen LogP contribution >= 0.6 is 0 Å². The number of anilines is 2. The van der Waals surface area contributed by atoms with E-state index in [0.717, 1.165) is 0 Å². The lowest BCUT2D eigenvalue weighted by Crippen LogP contribution is -2.20. The molecule has 0 atom stereocenters. The molecule has 0 heterocycles. The van der Waals surface area contributed by atoms with Crippen LogP contribution in [0.5, 0.6) is 11.5 Å². The lowest BCUT2D eigenvalue weighted by molar-refractivity contribution is 0.262. The van der Waals surface area contributed by atoms with Gasteiger partial charge in [0.15, 0.2) is 0 Å². The molecule has 8 nitrogen and oxygen atoms in total. The Morgan fingerprint density at radius 1 is 0.960 bits per heavy atom. The van der Waals surface area contributed by atoms with Crippen molar-refractivity contribution in [1.29, 1.82) is 0 Å². The fourth-order valence-electron chi connectivity index (χ4n) is 2.03. The fraction of sp³-hybridized carbons (Fsp3) is 0.188. The van der Waals surface area contributed by atoms with Crippen LogP contribution in [0.4, 0.5) is 16.2 Å². The van der Waals surface area contributed by atoms with Crippen LogP contribution in [0, 0.1) is 0 Å². The zero-order valence-corrected chi connectivity index (χ0v) is 14.8. The van der Waals surface area contributed by atoms with Crippen molar-refractivity contribution in [3.8, 4) is 11.5 Å². The van der Waals surface area contributed by atoms with Gasteiger partial charge in [0.05, 0.1) is 24.8 Å². The Morgan fingerprint density at radius 3 is 2.20 bits per heavy atom. The number of hydrogen-bond donors (Lipinski definition) is 3. The van der Waals surface area contributed by atoms with Crippen molar-refractivity contribution >= 4 is 27.4 Å². The van der Waals surface area contributed by atoms with Gasteiger partial charge in [0.25, 0.3) is 0 Å². The molecule has 2 aromatic carbocycles. The summed E-state index contributed by atoms with van der Waals surface area (Å²) >= 11 is 0. The monoisotopic (exact) mass is 365 g/mol. The van der Waals surface area contributed by atoms with Gasteiger partial charge in [0.1, 0.15) is 11.5 Å². The molecule has 0 aliphatic carbocycles. The number of benzene rings is 2. The summed E-state index contributed by atoms with van der Waals surface area (Å²) in [7, 11) is 0.825. The maximum Gasteiger partial charge on any atom is 0.323 e. The SMILES string of the molecule is CNS(=O)(=O)c1ccc(NC(=O)Nc2cc(OC)ccc2OC)cc1. The third-order valence-corrected chi connectivity index (χ3v) is 4.78. The molecule has 0 saturated heterocycles. The number of ether oxygens (including phenoxy) is 2.